The van der Waals surface area contributed by atoms with E-state index in [2.05, 4.69) is 4.98 Å². The summed E-state index contributed by atoms with van der Waals surface area (Å²) in [5, 5.41) is 0.690. The van der Waals surface area contributed by atoms with E-state index in [0.717, 1.165) is 11.1 Å². The number of fused-ring (bicyclic) bond motifs is 1. The van der Waals surface area contributed by atoms with E-state index in [1.165, 1.54) is 0 Å². The van der Waals surface area contributed by atoms with E-state index >= 15 is 0 Å². The quantitative estimate of drug-likeness (QED) is 0.430. The van der Waals surface area contributed by atoms with Crippen molar-refractivity contribution in [3.05, 3.63) is 108 Å². The van der Waals surface area contributed by atoms with Crippen molar-refractivity contribution < 1.29 is 14.3 Å². The molecule has 1 unspecified atom stereocenters. The molecule has 5 nitrogen and oxygen atoms in total. The van der Waals surface area contributed by atoms with Gasteiger partial charge >= 0.3 is 5.97 Å². The number of hydrogen-bond acceptors (Lipinski definition) is 5. The van der Waals surface area contributed by atoms with Gasteiger partial charge in [-0.1, -0.05) is 66.7 Å². The van der Waals surface area contributed by atoms with Crippen molar-refractivity contribution >= 4 is 16.9 Å². The van der Waals surface area contributed by atoms with Crippen LogP contribution in [-0.4, -0.2) is 23.6 Å². The van der Waals surface area contributed by atoms with Gasteiger partial charge in [0.15, 0.2) is 0 Å². The SMILES string of the molecule is NC(COc1ccc2ncccc2c1C(=O)OCc1ccccc1)Cc1ccccc1. The summed E-state index contributed by atoms with van der Waals surface area (Å²) in [7, 11) is 0. The van der Waals surface area contributed by atoms with E-state index in [-0.39, 0.29) is 19.3 Å². The lowest BCUT2D eigenvalue weighted by Crippen LogP contribution is -2.30. The van der Waals surface area contributed by atoms with Crippen LogP contribution in [0.5, 0.6) is 5.75 Å². The summed E-state index contributed by atoms with van der Waals surface area (Å²) in [5.41, 5.74) is 9.41. The number of rotatable bonds is 8. The topological polar surface area (TPSA) is 74.4 Å². The molecule has 156 valence electrons. The molecule has 0 fully saturated rings. The van der Waals surface area contributed by atoms with E-state index in [1.54, 1.807) is 18.3 Å². The molecule has 0 radical (unpaired) electrons. The van der Waals surface area contributed by atoms with Crippen molar-refractivity contribution in [3.8, 4) is 5.75 Å². The second kappa shape index (κ2) is 9.87. The maximum absolute atomic E-state index is 13.0. The fourth-order valence-corrected chi connectivity index (χ4v) is 3.43. The number of nitrogens with two attached hydrogens (primary N) is 1. The number of esters is 1. The third-order valence-corrected chi connectivity index (χ3v) is 4.96. The van der Waals surface area contributed by atoms with Crippen LogP contribution in [0.15, 0.2) is 91.1 Å². The average Bonchev–Trinajstić information content (AvgIpc) is 2.82. The molecule has 2 N–H and O–H groups in total. The number of carbonyl (C=O) groups excluding carboxylic acids is 1. The average molecular weight is 412 g/mol. The third kappa shape index (κ3) is 5.27. The summed E-state index contributed by atoms with van der Waals surface area (Å²) in [6.45, 7) is 0.461. The zero-order chi connectivity index (χ0) is 21.5. The first-order valence-corrected chi connectivity index (χ1v) is 10.2. The normalized spacial score (nSPS) is 11.8. The van der Waals surface area contributed by atoms with Gasteiger partial charge in [-0.3, -0.25) is 4.98 Å². The minimum Gasteiger partial charge on any atom is -0.491 e. The fourth-order valence-electron chi connectivity index (χ4n) is 3.43. The number of carbonyl (C=O) groups is 1. The van der Waals surface area contributed by atoms with Gasteiger partial charge in [0.1, 0.15) is 24.5 Å². The summed E-state index contributed by atoms with van der Waals surface area (Å²) >= 11 is 0. The molecule has 1 heterocycles. The van der Waals surface area contributed by atoms with Crippen molar-refractivity contribution in [2.75, 3.05) is 6.61 Å². The van der Waals surface area contributed by atoms with Gasteiger partial charge < -0.3 is 15.2 Å². The van der Waals surface area contributed by atoms with Crippen LogP contribution in [0.1, 0.15) is 21.5 Å². The highest BCUT2D eigenvalue weighted by atomic mass is 16.5. The number of pyridine rings is 1. The number of aromatic nitrogens is 1. The lowest BCUT2D eigenvalue weighted by molar-refractivity contribution is 0.0470. The predicted octanol–water partition coefficient (Wildman–Crippen LogP) is 4.54. The lowest BCUT2D eigenvalue weighted by Gasteiger charge is -2.17. The van der Waals surface area contributed by atoms with Gasteiger partial charge in [0.25, 0.3) is 0 Å². The summed E-state index contributed by atoms with van der Waals surface area (Å²) in [4.78, 5) is 17.4. The third-order valence-electron chi connectivity index (χ3n) is 4.96. The molecule has 4 aromatic rings. The number of ether oxygens (including phenoxy) is 2. The molecule has 0 aliphatic carbocycles. The first-order chi connectivity index (χ1) is 15.2. The van der Waals surface area contributed by atoms with Gasteiger partial charge in [-0.15, -0.1) is 0 Å². The predicted molar refractivity (Wildman–Crippen MR) is 121 cm³/mol. The molecular weight excluding hydrogens is 388 g/mol. The van der Waals surface area contributed by atoms with Crippen molar-refractivity contribution in [1.82, 2.24) is 4.98 Å². The molecule has 0 aliphatic heterocycles. The van der Waals surface area contributed by atoms with Gasteiger partial charge in [-0.05, 0) is 35.7 Å². The smallest absolute Gasteiger partial charge is 0.342 e. The van der Waals surface area contributed by atoms with Crippen molar-refractivity contribution in [1.29, 1.82) is 0 Å². The minimum absolute atomic E-state index is 0.184. The Morgan fingerprint density at radius 2 is 1.58 bits per heavy atom. The Morgan fingerprint density at radius 1 is 0.871 bits per heavy atom. The van der Waals surface area contributed by atoms with Gasteiger partial charge in [0, 0.05) is 17.6 Å². The summed E-state index contributed by atoms with van der Waals surface area (Å²) in [6, 6.07) is 26.6. The fraction of sp³-hybridized carbons (Fsp3) is 0.154. The maximum Gasteiger partial charge on any atom is 0.342 e. The molecule has 0 amide bonds. The number of benzene rings is 3. The summed E-state index contributed by atoms with van der Waals surface area (Å²) < 4.78 is 11.6. The molecule has 5 heteroatoms. The van der Waals surface area contributed by atoms with Crippen molar-refractivity contribution in [2.24, 2.45) is 5.73 Å². The van der Waals surface area contributed by atoms with Crippen LogP contribution >= 0.6 is 0 Å². The second-order valence-corrected chi connectivity index (χ2v) is 7.33. The summed E-state index contributed by atoms with van der Waals surface area (Å²) in [5.74, 6) is -0.00356. The first-order valence-electron chi connectivity index (χ1n) is 10.2. The van der Waals surface area contributed by atoms with Crippen LogP contribution in [0.25, 0.3) is 10.9 Å². The van der Waals surface area contributed by atoms with E-state index in [4.69, 9.17) is 15.2 Å². The minimum atomic E-state index is -0.450. The van der Waals surface area contributed by atoms with E-state index in [1.807, 2.05) is 72.8 Å². The highest BCUT2D eigenvalue weighted by molar-refractivity contribution is 6.06. The molecule has 1 aromatic heterocycles. The second-order valence-electron chi connectivity index (χ2n) is 7.33. The molecule has 4 rings (SSSR count). The van der Waals surface area contributed by atoms with Crippen LogP contribution in [0.3, 0.4) is 0 Å². The zero-order valence-corrected chi connectivity index (χ0v) is 17.1. The molecule has 0 saturated heterocycles. The van der Waals surface area contributed by atoms with Crippen LogP contribution in [0.2, 0.25) is 0 Å². The largest absolute Gasteiger partial charge is 0.491 e. The van der Waals surface area contributed by atoms with Gasteiger partial charge in [-0.2, -0.15) is 0 Å². The van der Waals surface area contributed by atoms with E-state index in [0.29, 0.717) is 28.6 Å². The van der Waals surface area contributed by atoms with Crippen molar-refractivity contribution in [3.63, 3.8) is 0 Å². The monoisotopic (exact) mass is 412 g/mol. The van der Waals surface area contributed by atoms with Crippen LogP contribution in [0.4, 0.5) is 0 Å². The Labute approximate surface area is 181 Å². The van der Waals surface area contributed by atoms with Crippen molar-refractivity contribution in [2.45, 2.75) is 19.1 Å². The number of hydrogen-bond donors (Lipinski definition) is 1. The molecular formula is C26H24N2O3. The van der Waals surface area contributed by atoms with E-state index in [9.17, 15) is 4.79 Å². The molecule has 0 saturated carbocycles. The van der Waals surface area contributed by atoms with Crippen LogP contribution in [0, 0.1) is 0 Å². The van der Waals surface area contributed by atoms with Gasteiger partial charge in [0.2, 0.25) is 0 Å². The zero-order valence-electron chi connectivity index (χ0n) is 17.1. The number of nitrogens with zero attached hydrogens (tertiary/aromatic N) is 1. The molecule has 0 aliphatic rings. The van der Waals surface area contributed by atoms with Crippen LogP contribution < -0.4 is 10.5 Å². The molecule has 0 bridgehead atoms. The summed E-state index contributed by atoms with van der Waals surface area (Å²) in [6.07, 6.45) is 2.38. The maximum atomic E-state index is 13.0. The molecule has 3 aromatic carbocycles. The Morgan fingerprint density at radius 3 is 2.32 bits per heavy atom. The lowest BCUT2D eigenvalue weighted by atomic mass is 10.1. The van der Waals surface area contributed by atoms with Gasteiger partial charge in [0.05, 0.1) is 5.52 Å². The Kier molecular flexibility index (Phi) is 6.55. The standard InChI is InChI=1S/C26H24N2O3/c27-21(16-19-8-3-1-4-9-19)18-30-24-14-13-23-22(12-7-15-28-23)25(24)26(29)31-17-20-10-5-2-6-11-20/h1-15,21H,16-18,27H2. The Bertz CT molecular complexity index is 1150. The molecule has 0 spiro atoms. The highest BCUT2D eigenvalue weighted by Crippen LogP contribution is 2.28. The highest BCUT2D eigenvalue weighted by Gasteiger charge is 2.20. The van der Waals surface area contributed by atoms with E-state index < -0.39 is 5.97 Å². The van der Waals surface area contributed by atoms with Crippen LogP contribution in [-0.2, 0) is 17.8 Å². The Hall–Kier alpha value is -3.70. The molecule has 1 atom stereocenters. The van der Waals surface area contributed by atoms with Gasteiger partial charge in [-0.25, -0.2) is 4.79 Å². The Balaban J connectivity index is 1.53. The molecule has 31 heavy (non-hydrogen) atoms. The first kappa shape index (κ1) is 20.6.